The number of pyridine rings is 1. The number of aryl methyl sites for hydroxylation is 2. The molecule has 0 aromatic carbocycles. The first-order valence-electron chi connectivity index (χ1n) is 7.50. The lowest BCUT2D eigenvalue weighted by atomic mass is 10.2. The van der Waals surface area contributed by atoms with Crippen molar-refractivity contribution in [2.24, 2.45) is 0 Å². The first kappa shape index (κ1) is 14.4. The van der Waals surface area contributed by atoms with Crippen LogP contribution in [0.2, 0.25) is 0 Å². The van der Waals surface area contributed by atoms with Gasteiger partial charge in [-0.15, -0.1) is 0 Å². The number of rotatable bonds is 5. The van der Waals surface area contributed by atoms with Crippen molar-refractivity contribution in [3.8, 4) is 0 Å². The number of fused-ring (bicyclic) bond motifs is 1. The van der Waals surface area contributed by atoms with Crippen molar-refractivity contribution in [2.75, 3.05) is 11.9 Å². The summed E-state index contributed by atoms with van der Waals surface area (Å²) in [6.07, 6.45) is 3.68. The van der Waals surface area contributed by atoms with Gasteiger partial charge in [-0.2, -0.15) is 5.10 Å². The number of H-pyrrole nitrogens is 1. The van der Waals surface area contributed by atoms with Gasteiger partial charge in [0.15, 0.2) is 5.82 Å². The summed E-state index contributed by atoms with van der Waals surface area (Å²) in [6.45, 7) is 4.84. The van der Waals surface area contributed by atoms with Crippen LogP contribution in [-0.4, -0.2) is 32.2 Å². The van der Waals surface area contributed by atoms with Crippen LogP contribution in [-0.2, 0) is 13.0 Å². The van der Waals surface area contributed by atoms with E-state index < -0.39 is 0 Å². The van der Waals surface area contributed by atoms with Gasteiger partial charge < -0.3 is 4.90 Å². The lowest BCUT2D eigenvalue weighted by Crippen LogP contribution is -2.19. The summed E-state index contributed by atoms with van der Waals surface area (Å²) >= 11 is 0. The topological polar surface area (TPSA) is 70.6 Å². The van der Waals surface area contributed by atoms with Crippen molar-refractivity contribution in [3.05, 3.63) is 41.6 Å². The highest BCUT2D eigenvalue weighted by molar-refractivity contribution is 5.85. The molecule has 6 nitrogen and oxygen atoms in total. The summed E-state index contributed by atoms with van der Waals surface area (Å²) < 4.78 is 0. The van der Waals surface area contributed by atoms with Crippen LogP contribution in [0.5, 0.6) is 0 Å². The van der Waals surface area contributed by atoms with Gasteiger partial charge in [0.1, 0.15) is 11.8 Å². The van der Waals surface area contributed by atoms with E-state index in [1.165, 1.54) is 0 Å². The van der Waals surface area contributed by atoms with Gasteiger partial charge in [0.25, 0.3) is 0 Å². The van der Waals surface area contributed by atoms with Crippen LogP contribution in [0.4, 0.5) is 5.82 Å². The lowest BCUT2D eigenvalue weighted by Gasteiger charge is -2.18. The minimum Gasteiger partial charge on any atom is -0.352 e. The van der Waals surface area contributed by atoms with E-state index in [2.05, 4.69) is 43.0 Å². The number of aromatic amines is 1. The Balaban J connectivity index is 1.88. The molecule has 1 N–H and O–H groups in total. The third-order valence-corrected chi connectivity index (χ3v) is 3.56. The van der Waals surface area contributed by atoms with Gasteiger partial charge in [-0.3, -0.25) is 5.10 Å². The number of hydrogen-bond acceptors (Lipinski definition) is 5. The molecule has 0 aliphatic carbocycles. The zero-order valence-corrected chi connectivity index (χ0v) is 13.2. The maximum absolute atomic E-state index is 4.58. The molecule has 0 aliphatic rings. The van der Waals surface area contributed by atoms with Crippen LogP contribution < -0.4 is 4.90 Å². The smallest absolute Gasteiger partial charge is 0.158 e. The summed E-state index contributed by atoms with van der Waals surface area (Å²) in [7, 11) is 2.01. The molecule has 0 bridgehead atoms. The molecule has 0 amide bonds. The Bertz CT molecular complexity index is 779. The average molecular weight is 296 g/mol. The molecule has 0 fully saturated rings. The normalized spacial score (nSPS) is 11.0. The first-order chi connectivity index (χ1) is 10.7. The molecule has 0 aliphatic heterocycles. The number of aromatic nitrogens is 5. The highest BCUT2D eigenvalue weighted by Crippen LogP contribution is 2.21. The molecule has 0 unspecified atom stereocenters. The molecule has 0 saturated carbocycles. The Morgan fingerprint density at radius 2 is 2.09 bits per heavy atom. The third-order valence-electron chi connectivity index (χ3n) is 3.56. The van der Waals surface area contributed by atoms with E-state index in [9.17, 15) is 0 Å². The molecule has 114 valence electrons. The summed E-state index contributed by atoms with van der Waals surface area (Å²) in [5, 5.41) is 7.42. The second kappa shape index (κ2) is 6.09. The summed E-state index contributed by atoms with van der Waals surface area (Å²) in [6, 6.07) is 6.05. The molecule has 0 spiro atoms. The summed E-state index contributed by atoms with van der Waals surface area (Å²) in [4.78, 5) is 15.3. The number of nitrogens with zero attached hydrogens (tertiary/aromatic N) is 5. The Morgan fingerprint density at radius 1 is 1.23 bits per heavy atom. The van der Waals surface area contributed by atoms with Gasteiger partial charge in [-0.25, -0.2) is 15.0 Å². The van der Waals surface area contributed by atoms with Gasteiger partial charge in [0.05, 0.1) is 23.4 Å². The molecule has 0 radical (unpaired) electrons. The van der Waals surface area contributed by atoms with Gasteiger partial charge in [0, 0.05) is 12.7 Å². The second-order valence-corrected chi connectivity index (χ2v) is 5.51. The van der Waals surface area contributed by atoms with Gasteiger partial charge in [-0.1, -0.05) is 13.3 Å². The Morgan fingerprint density at radius 3 is 2.91 bits per heavy atom. The van der Waals surface area contributed by atoms with Crippen molar-refractivity contribution in [3.63, 3.8) is 0 Å². The van der Waals surface area contributed by atoms with Crippen molar-refractivity contribution in [1.82, 2.24) is 25.1 Å². The van der Waals surface area contributed by atoms with Crippen LogP contribution in [0.1, 0.15) is 30.4 Å². The maximum Gasteiger partial charge on any atom is 0.158 e. The molecule has 6 heteroatoms. The minimum absolute atomic E-state index is 0.707. The standard InChI is InChI=1S/C16H20N6/c1-4-5-12-8-13(21-20-12)9-22(3)16-15-14(17-10-18-16)7-6-11(2)19-15/h6-8,10H,4-5,9H2,1-3H3,(H,20,21). The molecule has 3 aromatic heterocycles. The number of hydrogen-bond donors (Lipinski definition) is 1. The van der Waals surface area contributed by atoms with E-state index in [0.717, 1.165) is 46.8 Å². The SMILES string of the molecule is CCCc1cc(CN(C)c2ncnc3ccc(C)nc23)[nH]n1. The van der Waals surface area contributed by atoms with Crippen molar-refractivity contribution in [2.45, 2.75) is 33.2 Å². The van der Waals surface area contributed by atoms with Crippen LogP contribution in [0.15, 0.2) is 24.5 Å². The van der Waals surface area contributed by atoms with Crippen LogP contribution in [0, 0.1) is 6.92 Å². The Hall–Kier alpha value is -2.50. The zero-order valence-electron chi connectivity index (χ0n) is 13.2. The van der Waals surface area contributed by atoms with Crippen LogP contribution in [0.25, 0.3) is 11.0 Å². The molecular formula is C16H20N6. The van der Waals surface area contributed by atoms with E-state index >= 15 is 0 Å². The molecule has 0 saturated heterocycles. The molecule has 3 rings (SSSR count). The Labute approximate surface area is 129 Å². The predicted octanol–water partition coefficient (Wildman–Crippen LogP) is 2.65. The van der Waals surface area contributed by atoms with E-state index in [1.54, 1.807) is 6.33 Å². The third kappa shape index (κ3) is 2.90. The minimum atomic E-state index is 0.707. The first-order valence-corrected chi connectivity index (χ1v) is 7.50. The Kier molecular flexibility index (Phi) is 4.00. The summed E-state index contributed by atoms with van der Waals surface area (Å²) in [5.41, 5.74) is 4.83. The highest BCUT2D eigenvalue weighted by atomic mass is 15.2. The fraction of sp³-hybridized carbons (Fsp3) is 0.375. The van der Waals surface area contributed by atoms with E-state index in [1.807, 2.05) is 26.1 Å². The van der Waals surface area contributed by atoms with Crippen molar-refractivity contribution >= 4 is 16.9 Å². The van der Waals surface area contributed by atoms with Gasteiger partial charge in [-0.05, 0) is 31.5 Å². The highest BCUT2D eigenvalue weighted by Gasteiger charge is 2.12. The second-order valence-electron chi connectivity index (χ2n) is 5.51. The van der Waals surface area contributed by atoms with Gasteiger partial charge in [0.2, 0.25) is 0 Å². The molecular weight excluding hydrogens is 276 g/mol. The number of anilines is 1. The van der Waals surface area contributed by atoms with Crippen molar-refractivity contribution in [1.29, 1.82) is 0 Å². The van der Waals surface area contributed by atoms with E-state index in [-0.39, 0.29) is 0 Å². The van der Waals surface area contributed by atoms with E-state index in [4.69, 9.17) is 0 Å². The van der Waals surface area contributed by atoms with Crippen LogP contribution >= 0.6 is 0 Å². The predicted molar refractivity (Wildman–Crippen MR) is 86.8 cm³/mol. The summed E-state index contributed by atoms with van der Waals surface area (Å²) in [5.74, 6) is 0.834. The van der Waals surface area contributed by atoms with Gasteiger partial charge >= 0.3 is 0 Å². The molecule has 3 heterocycles. The fourth-order valence-corrected chi connectivity index (χ4v) is 2.51. The van der Waals surface area contributed by atoms with E-state index in [0.29, 0.717) is 6.54 Å². The van der Waals surface area contributed by atoms with Crippen molar-refractivity contribution < 1.29 is 0 Å². The molecule has 3 aromatic rings. The fourth-order valence-electron chi connectivity index (χ4n) is 2.51. The zero-order chi connectivity index (χ0) is 15.5. The monoisotopic (exact) mass is 296 g/mol. The molecule has 0 atom stereocenters. The number of nitrogens with one attached hydrogen (secondary N) is 1. The molecule has 22 heavy (non-hydrogen) atoms. The average Bonchev–Trinajstić information content (AvgIpc) is 2.94. The largest absolute Gasteiger partial charge is 0.352 e. The maximum atomic E-state index is 4.58. The quantitative estimate of drug-likeness (QED) is 0.783. The lowest BCUT2D eigenvalue weighted by molar-refractivity contribution is 0.839. The van der Waals surface area contributed by atoms with Crippen LogP contribution in [0.3, 0.4) is 0 Å².